The highest BCUT2D eigenvalue weighted by Gasteiger charge is 2.58. The Bertz CT molecular complexity index is 428. The molecule has 0 spiro atoms. The minimum atomic E-state index is -5.68. The van der Waals surface area contributed by atoms with Gasteiger partial charge >= 0.3 is 12.1 Å². The van der Waals surface area contributed by atoms with Crippen molar-refractivity contribution in [2.75, 3.05) is 6.54 Å². The van der Waals surface area contributed by atoms with Gasteiger partial charge in [0.05, 0.1) is 5.60 Å². The first kappa shape index (κ1) is 14.8. The van der Waals surface area contributed by atoms with Crippen LogP contribution in [-0.4, -0.2) is 17.8 Å². The van der Waals surface area contributed by atoms with E-state index in [0.29, 0.717) is 12.1 Å². The molecule has 0 saturated heterocycles. The zero-order chi connectivity index (χ0) is 14.2. The lowest BCUT2D eigenvalue weighted by atomic mass is 9.93. The van der Waals surface area contributed by atoms with E-state index in [0.717, 1.165) is 6.07 Å². The smallest absolute Gasteiger partial charge is 0.384 e. The van der Waals surface area contributed by atoms with Crippen molar-refractivity contribution in [2.24, 2.45) is 5.73 Å². The first-order valence-electron chi connectivity index (χ1n) is 5.00. The summed E-state index contributed by atoms with van der Waals surface area (Å²) < 4.78 is 62.8. The van der Waals surface area contributed by atoms with Crippen LogP contribution in [0.1, 0.15) is 18.1 Å². The van der Waals surface area contributed by atoms with Crippen LogP contribution in [0, 0.1) is 0 Å². The van der Waals surface area contributed by atoms with Gasteiger partial charge in [-0.05, 0) is 18.6 Å². The molecule has 0 amide bonds. The van der Waals surface area contributed by atoms with Gasteiger partial charge in [-0.3, -0.25) is 0 Å². The van der Waals surface area contributed by atoms with E-state index in [1.165, 1.54) is 13.0 Å². The number of benzene rings is 1. The third kappa shape index (κ3) is 2.62. The maximum atomic E-state index is 13.1. The molecule has 18 heavy (non-hydrogen) atoms. The molecule has 2 nitrogen and oxygen atoms in total. The summed E-state index contributed by atoms with van der Waals surface area (Å²) in [5.41, 5.74) is 2.26. The second-order valence-corrected chi connectivity index (χ2v) is 4.13. The van der Waals surface area contributed by atoms with Crippen molar-refractivity contribution >= 4 is 0 Å². The van der Waals surface area contributed by atoms with E-state index in [4.69, 9.17) is 5.73 Å². The number of hydrogen-bond acceptors (Lipinski definition) is 2. The van der Waals surface area contributed by atoms with Crippen molar-refractivity contribution in [2.45, 2.75) is 24.6 Å². The third-order valence-electron chi connectivity index (χ3n) is 2.60. The summed E-state index contributed by atoms with van der Waals surface area (Å²) in [7, 11) is 0. The SMILES string of the molecule is CC(O)(CN)c1cccc(C(F)(F)C(F)(F)F)c1. The highest BCUT2D eigenvalue weighted by atomic mass is 19.4. The van der Waals surface area contributed by atoms with Crippen LogP contribution >= 0.6 is 0 Å². The van der Waals surface area contributed by atoms with Gasteiger partial charge in [-0.1, -0.05) is 18.2 Å². The quantitative estimate of drug-likeness (QED) is 0.828. The predicted molar refractivity (Wildman–Crippen MR) is 55.0 cm³/mol. The van der Waals surface area contributed by atoms with Crippen molar-refractivity contribution in [1.29, 1.82) is 0 Å². The van der Waals surface area contributed by atoms with Gasteiger partial charge in [-0.2, -0.15) is 22.0 Å². The Morgan fingerprint density at radius 3 is 2.06 bits per heavy atom. The van der Waals surface area contributed by atoms with Gasteiger partial charge in [-0.25, -0.2) is 0 Å². The monoisotopic (exact) mass is 269 g/mol. The fourth-order valence-corrected chi connectivity index (χ4v) is 1.33. The van der Waals surface area contributed by atoms with Gasteiger partial charge in [0.1, 0.15) is 0 Å². The summed E-state index contributed by atoms with van der Waals surface area (Å²) in [5, 5.41) is 9.74. The Kier molecular flexibility index (Phi) is 3.69. The van der Waals surface area contributed by atoms with Crippen molar-refractivity contribution in [1.82, 2.24) is 0 Å². The number of halogens is 5. The number of rotatable bonds is 3. The van der Waals surface area contributed by atoms with Crippen LogP contribution in [0.4, 0.5) is 22.0 Å². The minimum absolute atomic E-state index is 0.0913. The Labute approximate surface area is 100 Å². The molecule has 0 aliphatic heterocycles. The van der Waals surface area contributed by atoms with Gasteiger partial charge in [0, 0.05) is 12.1 Å². The molecule has 0 bridgehead atoms. The molecule has 0 fully saturated rings. The summed E-state index contributed by atoms with van der Waals surface area (Å²) in [4.78, 5) is 0. The van der Waals surface area contributed by atoms with Gasteiger partial charge in [0.15, 0.2) is 0 Å². The molecule has 0 aliphatic rings. The van der Waals surface area contributed by atoms with Crippen molar-refractivity contribution in [3.63, 3.8) is 0 Å². The molecule has 0 aromatic heterocycles. The maximum absolute atomic E-state index is 13.1. The highest BCUT2D eigenvalue weighted by molar-refractivity contribution is 5.31. The Morgan fingerprint density at radius 2 is 1.61 bits per heavy atom. The molecule has 0 aliphatic carbocycles. The van der Waals surface area contributed by atoms with Crippen molar-refractivity contribution in [3.8, 4) is 0 Å². The van der Waals surface area contributed by atoms with E-state index in [1.807, 2.05) is 0 Å². The predicted octanol–water partition coefficient (Wildman–Crippen LogP) is 2.51. The summed E-state index contributed by atoms with van der Waals surface area (Å²) in [5.74, 6) is -4.96. The van der Waals surface area contributed by atoms with E-state index in [-0.39, 0.29) is 12.1 Å². The normalized spacial score (nSPS) is 16.4. The lowest BCUT2D eigenvalue weighted by molar-refractivity contribution is -0.289. The number of alkyl halides is 5. The average molecular weight is 269 g/mol. The highest BCUT2D eigenvalue weighted by Crippen LogP contribution is 2.44. The van der Waals surface area contributed by atoms with E-state index in [2.05, 4.69) is 0 Å². The fraction of sp³-hybridized carbons (Fsp3) is 0.455. The average Bonchev–Trinajstić information content (AvgIpc) is 2.27. The van der Waals surface area contributed by atoms with Crippen molar-refractivity contribution < 1.29 is 27.1 Å². The Balaban J connectivity index is 3.26. The molecule has 0 heterocycles. The van der Waals surface area contributed by atoms with Crippen LogP contribution in [0.5, 0.6) is 0 Å². The second kappa shape index (κ2) is 4.47. The van der Waals surface area contributed by atoms with E-state index in [9.17, 15) is 27.1 Å². The molecule has 0 saturated carbocycles. The summed E-state index contributed by atoms with van der Waals surface area (Å²) >= 11 is 0. The minimum Gasteiger partial charge on any atom is -0.384 e. The molecular weight excluding hydrogens is 257 g/mol. The zero-order valence-electron chi connectivity index (χ0n) is 9.43. The molecule has 1 rings (SSSR count). The van der Waals surface area contributed by atoms with Crippen LogP contribution in [0.2, 0.25) is 0 Å². The summed E-state index contributed by atoms with van der Waals surface area (Å²) in [6, 6.07) is 3.53. The fourth-order valence-electron chi connectivity index (χ4n) is 1.33. The molecule has 3 N–H and O–H groups in total. The lowest BCUT2D eigenvalue weighted by Crippen LogP contribution is -2.35. The maximum Gasteiger partial charge on any atom is 0.458 e. The molecule has 1 aromatic carbocycles. The second-order valence-electron chi connectivity index (χ2n) is 4.13. The van der Waals surface area contributed by atoms with Crippen LogP contribution < -0.4 is 5.73 Å². The van der Waals surface area contributed by atoms with E-state index < -0.39 is 23.3 Å². The third-order valence-corrected chi connectivity index (χ3v) is 2.60. The van der Waals surface area contributed by atoms with Gasteiger partial charge in [-0.15, -0.1) is 0 Å². The largest absolute Gasteiger partial charge is 0.458 e. The van der Waals surface area contributed by atoms with Gasteiger partial charge < -0.3 is 10.8 Å². The van der Waals surface area contributed by atoms with Crippen LogP contribution in [0.25, 0.3) is 0 Å². The molecule has 1 atom stereocenters. The van der Waals surface area contributed by atoms with Crippen LogP contribution in [0.3, 0.4) is 0 Å². The Hall–Kier alpha value is -1.21. The van der Waals surface area contributed by atoms with Crippen molar-refractivity contribution in [3.05, 3.63) is 35.4 Å². The Morgan fingerprint density at radius 1 is 1.11 bits per heavy atom. The van der Waals surface area contributed by atoms with Crippen LogP contribution in [-0.2, 0) is 11.5 Å². The van der Waals surface area contributed by atoms with E-state index >= 15 is 0 Å². The molecule has 1 unspecified atom stereocenters. The number of aliphatic hydroxyl groups is 1. The molecule has 0 radical (unpaired) electrons. The van der Waals surface area contributed by atoms with Gasteiger partial charge in [0.2, 0.25) is 0 Å². The first-order valence-corrected chi connectivity index (χ1v) is 5.00. The molecule has 1 aromatic rings. The molecule has 102 valence electrons. The topological polar surface area (TPSA) is 46.2 Å². The lowest BCUT2D eigenvalue weighted by Gasteiger charge is -2.25. The standard InChI is InChI=1S/C11H12F5NO/c1-9(18,6-17)7-3-2-4-8(5-7)10(12,13)11(14,15)16/h2-5,18H,6,17H2,1H3. The van der Waals surface area contributed by atoms with Crippen LogP contribution in [0.15, 0.2) is 24.3 Å². The molecular formula is C11H12F5NO. The summed E-state index contributed by atoms with van der Waals surface area (Å²) in [6.07, 6.45) is -5.68. The number of hydrogen-bond donors (Lipinski definition) is 2. The summed E-state index contributed by atoms with van der Waals surface area (Å²) in [6.45, 7) is 0.936. The van der Waals surface area contributed by atoms with E-state index in [1.54, 1.807) is 0 Å². The van der Waals surface area contributed by atoms with Gasteiger partial charge in [0.25, 0.3) is 0 Å². The first-order chi connectivity index (χ1) is 8.02. The zero-order valence-corrected chi connectivity index (χ0v) is 9.43. The molecule has 7 heteroatoms. The number of nitrogens with two attached hydrogens (primary N) is 1.